The maximum absolute atomic E-state index is 11.0. The van der Waals surface area contributed by atoms with Crippen LogP contribution in [0.4, 0.5) is 0 Å². The van der Waals surface area contributed by atoms with Crippen molar-refractivity contribution in [1.82, 2.24) is 14.8 Å². The second kappa shape index (κ2) is 4.57. The Kier molecular flexibility index (Phi) is 3.68. The maximum Gasteiger partial charge on any atom is 0.343 e. The third-order valence-corrected chi connectivity index (χ3v) is 2.74. The van der Waals surface area contributed by atoms with E-state index >= 15 is 0 Å². The van der Waals surface area contributed by atoms with Crippen LogP contribution in [0, 0.1) is 0 Å². The Morgan fingerprint density at radius 2 is 2.50 bits per heavy atom. The summed E-state index contributed by atoms with van der Waals surface area (Å²) < 4.78 is 1.58. The highest BCUT2D eigenvalue weighted by Crippen LogP contribution is 2.12. The van der Waals surface area contributed by atoms with E-state index in [0.717, 1.165) is 5.75 Å². The lowest BCUT2D eigenvalue weighted by Crippen LogP contribution is -2.16. The van der Waals surface area contributed by atoms with Crippen LogP contribution >= 0.6 is 23.4 Å². The molecule has 6 heteroatoms. The van der Waals surface area contributed by atoms with Gasteiger partial charge in [0, 0.05) is 18.2 Å². The van der Waals surface area contributed by atoms with E-state index in [4.69, 9.17) is 11.6 Å². The molecule has 0 aliphatic carbocycles. The highest BCUT2D eigenvalue weighted by Gasteiger charge is 2.05. The first-order valence-electron chi connectivity index (χ1n) is 3.63. The van der Waals surface area contributed by atoms with Crippen LogP contribution in [0.2, 0.25) is 0 Å². The molecule has 0 amide bonds. The standard InChI is InChI=1S/C6H10ClN3OS/c1-2-10-5(11)8-9-6(10)12-4-3-7/h2-4H2,1H3,(H,8,11). The zero-order valence-corrected chi connectivity index (χ0v) is 8.28. The summed E-state index contributed by atoms with van der Waals surface area (Å²) in [6.45, 7) is 2.54. The summed E-state index contributed by atoms with van der Waals surface area (Å²) >= 11 is 6.99. The molecule has 1 rings (SSSR count). The Labute approximate surface area is 79.3 Å². The normalized spacial score (nSPS) is 10.5. The monoisotopic (exact) mass is 207 g/mol. The van der Waals surface area contributed by atoms with Crippen molar-refractivity contribution in [3.63, 3.8) is 0 Å². The number of aromatic amines is 1. The Morgan fingerprint density at radius 1 is 1.75 bits per heavy atom. The average molecular weight is 208 g/mol. The van der Waals surface area contributed by atoms with Gasteiger partial charge in [-0.15, -0.1) is 16.7 Å². The topological polar surface area (TPSA) is 50.7 Å². The van der Waals surface area contributed by atoms with Gasteiger partial charge >= 0.3 is 5.69 Å². The molecule has 1 aromatic rings. The number of nitrogens with one attached hydrogen (secondary N) is 1. The summed E-state index contributed by atoms with van der Waals surface area (Å²) in [4.78, 5) is 11.0. The number of hydrogen-bond acceptors (Lipinski definition) is 3. The molecule has 0 fully saturated rings. The van der Waals surface area contributed by atoms with Crippen LogP contribution in [0.5, 0.6) is 0 Å². The molecule has 0 spiro atoms. The number of thioether (sulfide) groups is 1. The van der Waals surface area contributed by atoms with E-state index in [-0.39, 0.29) is 5.69 Å². The minimum absolute atomic E-state index is 0.158. The molecule has 4 nitrogen and oxygen atoms in total. The van der Waals surface area contributed by atoms with Crippen molar-refractivity contribution in [2.75, 3.05) is 11.6 Å². The van der Waals surface area contributed by atoms with Gasteiger partial charge in [-0.25, -0.2) is 9.89 Å². The summed E-state index contributed by atoms with van der Waals surface area (Å²) in [5, 5.41) is 6.96. The molecule has 0 aromatic carbocycles. The lowest BCUT2D eigenvalue weighted by atomic mass is 10.7. The molecule has 0 saturated heterocycles. The smallest absolute Gasteiger partial charge is 0.270 e. The summed E-state index contributed by atoms with van der Waals surface area (Å²) in [6, 6.07) is 0. The first kappa shape index (κ1) is 9.67. The number of rotatable bonds is 4. The van der Waals surface area contributed by atoms with Crippen LogP contribution in [-0.4, -0.2) is 26.4 Å². The van der Waals surface area contributed by atoms with Crippen LogP contribution in [0.25, 0.3) is 0 Å². The van der Waals surface area contributed by atoms with Gasteiger partial charge in [0.1, 0.15) is 0 Å². The highest BCUT2D eigenvalue weighted by atomic mass is 35.5. The van der Waals surface area contributed by atoms with Gasteiger partial charge in [-0.2, -0.15) is 0 Å². The fourth-order valence-corrected chi connectivity index (χ4v) is 1.79. The SMILES string of the molecule is CCn1c(SCCCl)n[nH]c1=O. The molecular formula is C6H10ClN3OS. The van der Waals surface area contributed by atoms with E-state index in [2.05, 4.69) is 10.2 Å². The number of nitrogens with zero attached hydrogens (tertiary/aromatic N) is 2. The van der Waals surface area contributed by atoms with E-state index in [0.29, 0.717) is 17.6 Å². The molecule has 0 aliphatic rings. The zero-order valence-electron chi connectivity index (χ0n) is 6.71. The molecule has 0 bridgehead atoms. The Hall–Kier alpha value is -0.420. The van der Waals surface area contributed by atoms with Crippen LogP contribution in [0.3, 0.4) is 0 Å². The first-order chi connectivity index (χ1) is 5.79. The molecule has 0 atom stereocenters. The Morgan fingerprint density at radius 3 is 3.08 bits per heavy atom. The molecule has 68 valence electrons. The first-order valence-corrected chi connectivity index (χ1v) is 5.15. The molecule has 1 N–H and O–H groups in total. The van der Waals surface area contributed by atoms with Gasteiger partial charge in [-0.05, 0) is 6.92 Å². The lowest BCUT2D eigenvalue weighted by molar-refractivity contribution is 0.660. The van der Waals surface area contributed by atoms with Gasteiger partial charge in [0.05, 0.1) is 0 Å². The molecule has 1 aromatic heterocycles. The number of halogens is 1. The molecular weight excluding hydrogens is 198 g/mol. The van der Waals surface area contributed by atoms with E-state index in [9.17, 15) is 4.79 Å². The predicted molar refractivity (Wildman–Crippen MR) is 50.0 cm³/mol. The van der Waals surface area contributed by atoms with E-state index < -0.39 is 0 Å². The summed E-state index contributed by atoms with van der Waals surface area (Å²) in [5.41, 5.74) is -0.158. The second-order valence-corrected chi connectivity index (χ2v) is 3.53. The average Bonchev–Trinajstić information content (AvgIpc) is 2.43. The molecule has 0 unspecified atom stereocenters. The predicted octanol–water partition coefficient (Wildman–Crippen LogP) is 0.922. The second-order valence-electron chi connectivity index (χ2n) is 2.09. The minimum Gasteiger partial charge on any atom is -0.270 e. The fourth-order valence-electron chi connectivity index (χ4n) is 0.822. The third kappa shape index (κ3) is 2.04. The van der Waals surface area contributed by atoms with Crippen LogP contribution in [0.1, 0.15) is 6.92 Å². The summed E-state index contributed by atoms with van der Waals surface area (Å²) in [6.07, 6.45) is 0. The van der Waals surface area contributed by atoms with Crippen molar-refractivity contribution in [2.24, 2.45) is 0 Å². The van der Waals surface area contributed by atoms with Crippen LogP contribution in [0.15, 0.2) is 9.95 Å². The van der Waals surface area contributed by atoms with Gasteiger partial charge in [-0.3, -0.25) is 4.57 Å². The lowest BCUT2D eigenvalue weighted by Gasteiger charge is -1.98. The number of hydrogen-bond donors (Lipinski definition) is 1. The number of alkyl halides is 1. The molecule has 0 saturated carbocycles. The fraction of sp³-hybridized carbons (Fsp3) is 0.667. The summed E-state index contributed by atoms with van der Waals surface area (Å²) in [5.74, 6) is 1.33. The Bertz CT molecular complexity index is 295. The zero-order chi connectivity index (χ0) is 8.97. The van der Waals surface area contributed by atoms with E-state index in [1.54, 1.807) is 4.57 Å². The maximum atomic E-state index is 11.0. The van der Waals surface area contributed by atoms with Gasteiger partial charge in [0.2, 0.25) is 0 Å². The van der Waals surface area contributed by atoms with E-state index in [1.807, 2.05) is 6.92 Å². The van der Waals surface area contributed by atoms with Crippen molar-refractivity contribution in [3.05, 3.63) is 10.5 Å². The molecule has 0 radical (unpaired) electrons. The number of H-pyrrole nitrogens is 1. The van der Waals surface area contributed by atoms with Gasteiger partial charge < -0.3 is 0 Å². The quantitative estimate of drug-likeness (QED) is 0.590. The molecule has 12 heavy (non-hydrogen) atoms. The minimum atomic E-state index is -0.158. The molecule has 0 aliphatic heterocycles. The van der Waals surface area contributed by atoms with Gasteiger partial charge in [0.25, 0.3) is 0 Å². The van der Waals surface area contributed by atoms with Crippen LogP contribution in [-0.2, 0) is 6.54 Å². The van der Waals surface area contributed by atoms with Crippen molar-refractivity contribution in [2.45, 2.75) is 18.6 Å². The van der Waals surface area contributed by atoms with Crippen molar-refractivity contribution >= 4 is 23.4 Å². The largest absolute Gasteiger partial charge is 0.343 e. The third-order valence-electron chi connectivity index (χ3n) is 1.35. The van der Waals surface area contributed by atoms with Gasteiger partial charge in [-0.1, -0.05) is 11.8 Å². The van der Waals surface area contributed by atoms with E-state index in [1.165, 1.54) is 11.8 Å². The van der Waals surface area contributed by atoms with Crippen LogP contribution < -0.4 is 5.69 Å². The van der Waals surface area contributed by atoms with Crippen molar-refractivity contribution in [3.8, 4) is 0 Å². The van der Waals surface area contributed by atoms with Crippen molar-refractivity contribution < 1.29 is 0 Å². The molecule has 1 heterocycles. The Balaban J connectivity index is 2.77. The van der Waals surface area contributed by atoms with Crippen molar-refractivity contribution in [1.29, 1.82) is 0 Å². The summed E-state index contributed by atoms with van der Waals surface area (Å²) in [7, 11) is 0. The highest BCUT2D eigenvalue weighted by molar-refractivity contribution is 7.99. The van der Waals surface area contributed by atoms with Gasteiger partial charge in [0.15, 0.2) is 5.16 Å². The number of aromatic nitrogens is 3.